The molecule has 0 atom stereocenters. The number of benzene rings is 1. The highest BCUT2D eigenvalue weighted by atomic mass is 19.1. The van der Waals surface area contributed by atoms with E-state index in [-0.39, 0.29) is 5.82 Å². The van der Waals surface area contributed by atoms with Crippen molar-refractivity contribution in [1.82, 2.24) is 0 Å². The van der Waals surface area contributed by atoms with Gasteiger partial charge < -0.3 is 0 Å². The van der Waals surface area contributed by atoms with Crippen molar-refractivity contribution in [3.05, 3.63) is 59.6 Å². The second-order valence-corrected chi connectivity index (χ2v) is 2.94. The smallest absolute Gasteiger partial charge is 0.123 e. The summed E-state index contributed by atoms with van der Waals surface area (Å²) < 4.78 is 12.9. The Labute approximate surface area is 76.7 Å². The Bertz CT molecular complexity index is 407. The van der Waals surface area contributed by atoms with E-state index in [0.717, 1.165) is 17.6 Å². The Balaban J connectivity index is 2.37. The molecule has 1 heteroatoms. The first-order chi connectivity index (χ1) is 6.36. The number of rotatable bonds is 1. The summed E-state index contributed by atoms with van der Waals surface area (Å²) in [4.78, 5) is 0. The van der Waals surface area contributed by atoms with Crippen LogP contribution >= 0.6 is 0 Å². The van der Waals surface area contributed by atoms with Crippen molar-refractivity contribution in [1.29, 1.82) is 0 Å². The van der Waals surface area contributed by atoms with Gasteiger partial charge in [-0.2, -0.15) is 0 Å². The maximum atomic E-state index is 12.9. The summed E-state index contributed by atoms with van der Waals surface area (Å²) in [5.41, 5.74) is 5.07. The van der Waals surface area contributed by atoms with Crippen molar-refractivity contribution in [2.45, 2.75) is 6.42 Å². The SMILES string of the molecule is Fc1cccc(C2=CC=C=CC2)c1. The Hall–Kier alpha value is -1.59. The molecular weight excluding hydrogens is 163 g/mol. The van der Waals surface area contributed by atoms with E-state index in [2.05, 4.69) is 5.73 Å². The van der Waals surface area contributed by atoms with Crippen LogP contribution in [-0.4, -0.2) is 0 Å². The van der Waals surface area contributed by atoms with E-state index >= 15 is 0 Å². The Morgan fingerprint density at radius 2 is 2.23 bits per heavy atom. The van der Waals surface area contributed by atoms with Crippen LogP contribution in [-0.2, 0) is 0 Å². The molecule has 1 aromatic carbocycles. The summed E-state index contributed by atoms with van der Waals surface area (Å²) in [5.74, 6) is -0.183. The normalized spacial score (nSPS) is 14.4. The fraction of sp³-hybridized carbons (Fsp3) is 0.0833. The van der Waals surface area contributed by atoms with Crippen molar-refractivity contribution < 1.29 is 4.39 Å². The van der Waals surface area contributed by atoms with Crippen molar-refractivity contribution in [3.63, 3.8) is 0 Å². The summed E-state index contributed by atoms with van der Waals surface area (Å²) in [7, 11) is 0. The Morgan fingerprint density at radius 3 is 2.92 bits per heavy atom. The first-order valence-electron chi connectivity index (χ1n) is 4.22. The lowest BCUT2D eigenvalue weighted by atomic mass is 10.0. The highest BCUT2D eigenvalue weighted by Gasteiger charge is 2.01. The molecule has 0 aliphatic heterocycles. The zero-order valence-electron chi connectivity index (χ0n) is 7.13. The lowest BCUT2D eigenvalue weighted by Gasteiger charge is -2.05. The number of hydrogen-bond acceptors (Lipinski definition) is 0. The summed E-state index contributed by atoms with van der Waals surface area (Å²) in [6.07, 6.45) is 6.60. The maximum absolute atomic E-state index is 12.9. The molecule has 0 saturated heterocycles. The fourth-order valence-corrected chi connectivity index (χ4v) is 1.36. The van der Waals surface area contributed by atoms with Crippen LogP contribution in [0.2, 0.25) is 0 Å². The topological polar surface area (TPSA) is 0 Å². The van der Waals surface area contributed by atoms with Crippen molar-refractivity contribution in [2.24, 2.45) is 0 Å². The Morgan fingerprint density at radius 1 is 1.31 bits per heavy atom. The standard InChI is InChI=1S/C12H9F/c13-12-8-4-7-11(9-12)10-5-2-1-3-6-10/h2-5,7-9H,6H2. The first kappa shape index (κ1) is 8.03. The average molecular weight is 172 g/mol. The molecule has 0 amide bonds. The second kappa shape index (κ2) is 3.42. The van der Waals surface area contributed by atoms with Gasteiger partial charge in [-0.3, -0.25) is 0 Å². The van der Waals surface area contributed by atoms with Gasteiger partial charge in [0.2, 0.25) is 0 Å². The quantitative estimate of drug-likeness (QED) is 0.570. The van der Waals surface area contributed by atoms with Crippen LogP contribution < -0.4 is 0 Å². The molecule has 2 rings (SSSR count). The van der Waals surface area contributed by atoms with Gasteiger partial charge in [-0.25, -0.2) is 4.39 Å². The van der Waals surface area contributed by atoms with Crippen molar-refractivity contribution in [3.8, 4) is 0 Å². The average Bonchev–Trinajstić information content (AvgIpc) is 2.19. The largest absolute Gasteiger partial charge is 0.207 e. The molecule has 0 N–H and O–H groups in total. The summed E-state index contributed by atoms with van der Waals surface area (Å²) in [5, 5.41) is 0. The lowest BCUT2D eigenvalue weighted by Crippen LogP contribution is -1.85. The van der Waals surface area contributed by atoms with Crippen LogP contribution in [0.15, 0.2) is 48.2 Å². The molecular formula is C12H9F. The molecule has 1 aromatic rings. The van der Waals surface area contributed by atoms with Gasteiger partial charge in [-0.05, 0) is 41.8 Å². The van der Waals surface area contributed by atoms with Gasteiger partial charge >= 0.3 is 0 Å². The van der Waals surface area contributed by atoms with Crippen LogP contribution in [0.25, 0.3) is 5.57 Å². The lowest BCUT2D eigenvalue weighted by molar-refractivity contribution is 0.627. The summed E-state index contributed by atoms with van der Waals surface area (Å²) >= 11 is 0. The van der Waals surface area contributed by atoms with Gasteiger partial charge in [0.05, 0.1) is 0 Å². The van der Waals surface area contributed by atoms with E-state index in [1.165, 1.54) is 6.07 Å². The fourth-order valence-electron chi connectivity index (χ4n) is 1.36. The molecule has 1 aliphatic carbocycles. The highest BCUT2D eigenvalue weighted by Crippen LogP contribution is 2.20. The number of allylic oxidation sites excluding steroid dienone is 3. The van der Waals surface area contributed by atoms with E-state index < -0.39 is 0 Å². The molecule has 0 bridgehead atoms. The number of halogens is 1. The van der Waals surface area contributed by atoms with Crippen LogP contribution in [0, 0.1) is 5.82 Å². The molecule has 0 aromatic heterocycles. The minimum atomic E-state index is -0.183. The van der Waals surface area contributed by atoms with Crippen molar-refractivity contribution in [2.75, 3.05) is 0 Å². The van der Waals surface area contributed by atoms with E-state index in [1.807, 2.05) is 24.3 Å². The van der Waals surface area contributed by atoms with E-state index in [0.29, 0.717) is 0 Å². The predicted octanol–water partition coefficient (Wildman–Crippen LogP) is 3.32. The van der Waals surface area contributed by atoms with E-state index in [9.17, 15) is 4.39 Å². The molecule has 13 heavy (non-hydrogen) atoms. The van der Waals surface area contributed by atoms with Gasteiger partial charge in [0.25, 0.3) is 0 Å². The van der Waals surface area contributed by atoms with Crippen molar-refractivity contribution >= 4 is 5.57 Å². The summed E-state index contributed by atoms with van der Waals surface area (Å²) in [6, 6.07) is 6.66. The molecule has 0 saturated carbocycles. The van der Waals surface area contributed by atoms with Gasteiger partial charge in [0.1, 0.15) is 5.82 Å². The third-order valence-corrected chi connectivity index (χ3v) is 2.02. The van der Waals surface area contributed by atoms with E-state index in [1.54, 1.807) is 12.1 Å². The molecule has 1 aliphatic rings. The minimum absolute atomic E-state index is 0.183. The zero-order chi connectivity index (χ0) is 9.10. The summed E-state index contributed by atoms with van der Waals surface area (Å²) in [6.45, 7) is 0. The van der Waals surface area contributed by atoms with Crippen LogP contribution in [0.4, 0.5) is 4.39 Å². The third kappa shape index (κ3) is 1.77. The predicted molar refractivity (Wildman–Crippen MR) is 51.6 cm³/mol. The number of hydrogen-bond donors (Lipinski definition) is 0. The maximum Gasteiger partial charge on any atom is 0.123 e. The molecule has 0 nitrogen and oxygen atoms in total. The van der Waals surface area contributed by atoms with E-state index in [4.69, 9.17) is 0 Å². The zero-order valence-corrected chi connectivity index (χ0v) is 7.13. The highest BCUT2D eigenvalue weighted by molar-refractivity contribution is 5.69. The van der Waals surface area contributed by atoms with Gasteiger partial charge in [-0.15, -0.1) is 5.73 Å². The van der Waals surface area contributed by atoms with Crippen LogP contribution in [0.5, 0.6) is 0 Å². The molecule has 0 heterocycles. The van der Waals surface area contributed by atoms with Crippen LogP contribution in [0.3, 0.4) is 0 Å². The minimum Gasteiger partial charge on any atom is -0.207 e. The molecule has 0 spiro atoms. The monoisotopic (exact) mass is 172 g/mol. The second-order valence-electron chi connectivity index (χ2n) is 2.94. The Kier molecular flexibility index (Phi) is 2.11. The van der Waals surface area contributed by atoms with Gasteiger partial charge in [-0.1, -0.05) is 18.2 Å². The molecule has 0 radical (unpaired) electrons. The molecule has 0 unspecified atom stereocenters. The molecule has 0 fully saturated rings. The van der Waals surface area contributed by atoms with Gasteiger partial charge in [0, 0.05) is 0 Å². The molecule has 64 valence electrons. The van der Waals surface area contributed by atoms with Crippen LogP contribution in [0.1, 0.15) is 12.0 Å². The third-order valence-electron chi connectivity index (χ3n) is 2.02. The first-order valence-corrected chi connectivity index (χ1v) is 4.22. The van der Waals surface area contributed by atoms with Gasteiger partial charge in [0.15, 0.2) is 0 Å².